The average Bonchev–Trinajstić information content (AvgIpc) is 1.70. The Morgan fingerprint density at radius 3 is 1.90 bits per heavy atom. The number of nitrogens with zero attached hydrogens (tertiary/aromatic N) is 7. The number of primary amides is 1. The van der Waals surface area contributed by atoms with Crippen LogP contribution < -0.4 is 58.5 Å². The maximum Gasteiger partial charge on any atom is 0.411 e. The molecule has 0 spiro atoms. The Kier molecular flexibility index (Phi) is 51.1. The molecule has 2 aliphatic rings. The molecule has 0 aliphatic carbocycles. The zero-order valence-corrected chi connectivity index (χ0v) is 86.1. The van der Waals surface area contributed by atoms with Gasteiger partial charge in [0.1, 0.15) is 41.1 Å². The van der Waals surface area contributed by atoms with Gasteiger partial charge in [0, 0.05) is 98.6 Å². The van der Waals surface area contributed by atoms with Crippen molar-refractivity contribution in [2.24, 2.45) is 28.9 Å². The highest BCUT2D eigenvalue weighted by Gasteiger charge is 2.42. The Labute approximate surface area is 848 Å². The molecule has 0 saturated carbocycles. The zero-order chi connectivity index (χ0) is 104. The number of aliphatic carboxylic acids is 1. The molecule has 8 rings (SSSR count). The number of ether oxygens (including phenoxy) is 9. The number of benzene rings is 4. The first-order valence-corrected chi connectivity index (χ1v) is 50.6. The molecule has 0 unspecified atom stereocenters. The summed E-state index contributed by atoms with van der Waals surface area (Å²) in [4.78, 5) is 176. The monoisotopic (exact) mass is 2020 g/mol. The van der Waals surface area contributed by atoms with E-state index in [0.717, 1.165) is 59.7 Å². The number of carbonyl (C=O) groups is 12. The van der Waals surface area contributed by atoms with Crippen LogP contribution in [0.15, 0.2) is 102 Å². The molecule has 4 aromatic carbocycles. The topological polar surface area (TPSA) is 505 Å². The van der Waals surface area contributed by atoms with Gasteiger partial charge < -0.3 is 101 Å². The van der Waals surface area contributed by atoms with Crippen LogP contribution in [0.3, 0.4) is 0 Å². The van der Waals surface area contributed by atoms with Gasteiger partial charge in [-0.1, -0.05) is 140 Å². The van der Waals surface area contributed by atoms with Gasteiger partial charge in [-0.3, -0.25) is 63.0 Å². The molecule has 0 radical (unpaired) electrons. The number of hydroxylamine groups is 2. The molecule has 0 bridgehead atoms. The summed E-state index contributed by atoms with van der Waals surface area (Å²) in [6.07, 6.45) is 7.85. The molecule has 6 aromatic rings. The van der Waals surface area contributed by atoms with Gasteiger partial charge in [0.25, 0.3) is 11.8 Å². The van der Waals surface area contributed by atoms with Crippen LogP contribution in [0.2, 0.25) is 0 Å². The molecule has 2 aliphatic heterocycles. The predicted octanol–water partition coefficient (Wildman–Crippen LogP) is 9.83. The summed E-state index contributed by atoms with van der Waals surface area (Å²) < 4.78 is 53.1. The van der Waals surface area contributed by atoms with E-state index < -0.39 is 107 Å². The molecular weight excluding hydrogens is 1880 g/mol. The first kappa shape index (κ1) is 117. The summed E-state index contributed by atoms with van der Waals surface area (Å²) >= 11 is 1.06. The van der Waals surface area contributed by atoms with Crippen molar-refractivity contribution in [3.63, 3.8) is 0 Å². The van der Waals surface area contributed by atoms with Crippen molar-refractivity contribution in [3.05, 3.63) is 130 Å². The van der Waals surface area contributed by atoms with Crippen molar-refractivity contribution in [2.45, 2.75) is 234 Å². The molecule has 11 amide bonds. The van der Waals surface area contributed by atoms with E-state index in [0.29, 0.717) is 112 Å². The summed E-state index contributed by atoms with van der Waals surface area (Å²) in [5.41, 5.74) is 10.5. The van der Waals surface area contributed by atoms with E-state index >= 15 is 0 Å². The Morgan fingerprint density at radius 2 is 1.28 bits per heavy atom. The number of para-hydroxylation sites is 1. The van der Waals surface area contributed by atoms with Crippen LogP contribution in [-0.4, -0.2) is 281 Å². The number of thiazole rings is 1. The summed E-state index contributed by atoms with van der Waals surface area (Å²) in [6.45, 7) is 26.6. The maximum atomic E-state index is 15.0. The van der Waals surface area contributed by atoms with E-state index in [2.05, 4.69) is 82.9 Å². The van der Waals surface area contributed by atoms with Crippen LogP contribution in [0, 0.1) is 35.5 Å². The van der Waals surface area contributed by atoms with E-state index in [1.165, 1.54) is 17.4 Å². The second-order valence-corrected chi connectivity index (χ2v) is 38.1. The number of fused-ring (bicyclic) bond motifs is 5. The fourth-order valence-corrected chi connectivity index (χ4v) is 16.9. The molecule has 4 heterocycles. The highest BCUT2D eigenvalue weighted by molar-refractivity contribution is 7.09. The number of anilines is 3. The molecule has 40 nitrogen and oxygen atoms in total. The number of esters is 1. The van der Waals surface area contributed by atoms with Gasteiger partial charge in [0.2, 0.25) is 35.4 Å². The standard InChI is InChI=1S/C103H149N17O23S/c1-14-16-23-47-142-120(99(129)91(71(9)15-2)114-96(127)84-30-21-22-45-117(84)13)85(68(3)4)63-86(143-72(10)121)98-112-82(67-144-98)95(126)109-78(64-103(11,12)100(130)131)62-73-31-35-77(36-32-73)110-102(133)141-66-74-33-37-76(38-34-74)108-94(125)81(28-24-42-107-101(104)132)111-97(128)90(69(5)6)113-88(123)41-48-134-52-56-138-60-61-140-58-54-136-50-44-106-87(122)39-40-89(124)118-65-75-25-17-18-26-79(75)93-92(80-27-19-20-29-83(80)118)115-116-119(93)46-51-137-55-59-139-57-53-135-49-43-105-70(7)8/h1,17-20,25-27,29,31-38,67-71,78,81,84-86,90-91,105H,15-16,21-24,28,30,39-66H2,2-13H3,(H,106,122)(H,108,125)(H,109,126)(H,110,133)(H,111,128)(H,113,123)(H,114,127)(H,130,131)(H3,104,107,132)/t71-,78-,81-,84+,85+,86+,90-,91-/m0/s1. The number of hydrogen-bond donors (Lipinski definition) is 11. The third-order valence-electron chi connectivity index (χ3n) is 24.2. The fraction of sp³-hybridized carbons (Fsp3) is 0.583. The van der Waals surface area contributed by atoms with E-state index in [9.17, 15) is 62.6 Å². The van der Waals surface area contributed by atoms with Crippen LogP contribution in [0.4, 0.5) is 26.7 Å². The number of aromatic nitrogens is 4. The molecular formula is C103H149N17O23S. The van der Waals surface area contributed by atoms with Crippen molar-refractivity contribution in [2.75, 3.05) is 148 Å². The minimum absolute atomic E-state index is 0.0101. The quantitative estimate of drug-likeness (QED) is 0.00732. The number of rotatable bonds is 66. The number of nitrogens with one attached hydrogen (secondary N) is 9. The van der Waals surface area contributed by atoms with E-state index in [1.807, 2.05) is 92.9 Å². The molecule has 1 saturated heterocycles. The lowest BCUT2D eigenvalue weighted by molar-refractivity contribution is -0.213. The van der Waals surface area contributed by atoms with Crippen molar-refractivity contribution >= 4 is 99.7 Å². The number of carboxylic acid groups (broad SMARTS) is 1. The van der Waals surface area contributed by atoms with Gasteiger partial charge >= 0.3 is 24.1 Å². The van der Waals surface area contributed by atoms with Gasteiger partial charge in [-0.05, 0) is 137 Å². The van der Waals surface area contributed by atoms with Crippen LogP contribution in [0.1, 0.15) is 198 Å². The Balaban J connectivity index is 0.715. The number of terminal acetylenes is 1. The van der Waals surface area contributed by atoms with Crippen molar-refractivity contribution in [1.29, 1.82) is 0 Å². The minimum atomic E-state index is -1.31. The maximum absolute atomic E-state index is 15.0. The highest BCUT2D eigenvalue weighted by atomic mass is 32.1. The van der Waals surface area contributed by atoms with Gasteiger partial charge in [-0.2, -0.15) is 0 Å². The summed E-state index contributed by atoms with van der Waals surface area (Å²) in [7, 11) is 1.90. The Hall–Kier alpha value is -12.0. The van der Waals surface area contributed by atoms with E-state index in [-0.39, 0.29) is 177 Å². The lowest BCUT2D eigenvalue weighted by atomic mass is 9.84. The summed E-state index contributed by atoms with van der Waals surface area (Å²) in [5.74, 6) is -3.74. The van der Waals surface area contributed by atoms with Crippen LogP contribution in [0.5, 0.6) is 0 Å². The Bertz CT molecular complexity index is 5090. The number of carbonyl (C=O) groups excluding carboxylic acids is 11. The summed E-state index contributed by atoms with van der Waals surface area (Å²) in [6, 6.07) is 23.0. The van der Waals surface area contributed by atoms with Crippen LogP contribution in [-0.2, 0) is 117 Å². The third kappa shape index (κ3) is 40.2. The van der Waals surface area contributed by atoms with Crippen LogP contribution >= 0.6 is 11.3 Å². The number of hydrogen-bond acceptors (Lipinski definition) is 28. The molecule has 790 valence electrons. The Morgan fingerprint density at radius 1 is 0.653 bits per heavy atom. The van der Waals surface area contributed by atoms with Gasteiger partial charge in [0.15, 0.2) is 6.10 Å². The summed E-state index contributed by atoms with van der Waals surface area (Å²) in [5, 5.41) is 48.2. The number of nitrogens with two attached hydrogens (primary N) is 1. The van der Waals surface area contributed by atoms with Crippen molar-refractivity contribution < 1.29 is 110 Å². The molecule has 8 atom stereocenters. The zero-order valence-electron chi connectivity index (χ0n) is 85.2. The molecule has 12 N–H and O–H groups in total. The smallest absolute Gasteiger partial charge is 0.411 e. The SMILES string of the molecule is C#CCCCON(C(=O)[C@@H](NC(=O)[C@H]1CCCCN1C)[C@@H](C)CC)[C@H](C[C@@H](OC(C)=O)c1nc(C(=O)N[C@@H](Cc2ccc(NC(=O)OCc3ccc(NC(=O)[C@H](CCCNC(N)=O)NC(=O)[C@@H](NC(=O)CCOCCOCCOCCOCCNC(=O)CCC(=O)N4Cc5ccccc5-c5c(nnn5CCOCCOCCOCCNC(C)C)-c5ccccc54)C(C)C)cc3)cc2)CC(C)(C)C(=O)O)cs1)C(C)C. The lowest BCUT2D eigenvalue weighted by Gasteiger charge is -2.39. The first-order chi connectivity index (χ1) is 69.1. The normalized spacial score (nSPS) is 14.5. The number of carboxylic acids is 1. The van der Waals surface area contributed by atoms with Crippen LogP contribution in [0.25, 0.3) is 22.5 Å². The van der Waals surface area contributed by atoms with Gasteiger partial charge in [-0.25, -0.2) is 24.3 Å². The molecule has 2 aromatic heterocycles. The fourth-order valence-electron chi connectivity index (χ4n) is 16.1. The van der Waals surface area contributed by atoms with Crippen molar-refractivity contribution in [1.82, 2.24) is 67.2 Å². The number of amides is 11. The predicted molar refractivity (Wildman–Crippen MR) is 542 cm³/mol. The minimum Gasteiger partial charge on any atom is -0.481 e. The van der Waals surface area contributed by atoms with Gasteiger partial charge in [0.05, 0.1) is 141 Å². The molecule has 41 heteroatoms. The number of likely N-dealkylation sites (tertiary alicyclic amines) is 1. The number of likely N-dealkylation sites (N-methyl/N-ethyl adjacent to an activating group) is 1. The first-order valence-electron chi connectivity index (χ1n) is 49.7. The average molecular weight is 2030 g/mol. The van der Waals surface area contributed by atoms with Gasteiger partial charge in [-0.15, -0.1) is 28.8 Å². The lowest BCUT2D eigenvalue weighted by Crippen LogP contribution is -2.58. The highest BCUT2D eigenvalue weighted by Crippen LogP contribution is 2.42. The number of piperidine rings is 1. The second kappa shape index (κ2) is 62.7. The molecule has 144 heavy (non-hydrogen) atoms. The molecule has 1 fully saturated rings. The number of urea groups is 1. The number of unbranched alkanes of at least 4 members (excludes halogenated alkanes) is 1. The second-order valence-electron chi connectivity index (χ2n) is 37.2. The van der Waals surface area contributed by atoms with E-state index in [1.54, 1.807) is 81.1 Å². The largest absolute Gasteiger partial charge is 0.481 e. The third-order valence-corrected chi connectivity index (χ3v) is 25.2. The van der Waals surface area contributed by atoms with Crippen molar-refractivity contribution in [3.8, 4) is 34.9 Å². The van der Waals surface area contributed by atoms with E-state index in [4.69, 9.17) is 59.6 Å².